The molecule has 1 atom stereocenters. The minimum absolute atomic E-state index is 0.0945. The molecule has 1 saturated heterocycles. The number of carbonyl (C=O) groups is 1. The number of ether oxygens (including phenoxy) is 1. The zero-order chi connectivity index (χ0) is 15.2. The lowest BCUT2D eigenvalue weighted by Gasteiger charge is -2.15. The molecule has 114 valence electrons. The fourth-order valence-corrected chi connectivity index (χ4v) is 2.81. The Morgan fingerprint density at radius 1 is 1.48 bits per heavy atom. The average molecular weight is 288 g/mol. The number of nitrogens with one attached hydrogen (secondary N) is 1. The predicted molar refractivity (Wildman–Crippen MR) is 85.3 cm³/mol. The fourth-order valence-electron chi connectivity index (χ4n) is 2.81. The lowest BCUT2D eigenvalue weighted by atomic mass is 10.1. The maximum Gasteiger partial charge on any atom is 0.246 e. The molecule has 1 aliphatic heterocycles. The highest BCUT2D eigenvalue weighted by Crippen LogP contribution is 2.25. The summed E-state index contributed by atoms with van der Waals surface area (Å²) in [5.41, 5.74) is 1.91. The highest BCUT2D eigenvalue weighted by molar-refractivity contribution is 5.95. The Labute approximate surface area is 126 Å². The first-order valence-electron chi connectivity index (χ1n) is 7.41. The van der Waals surface area contributed by atoms with E-state index in [2.05, 4.69) is 5.32 Å². The molecule has 1 aliphatic rings. The number of hydrogen-bond donors (Lipinski definition) is 1. The van der Waals surface area contributed by atoms with E-state index in [0.717, 1.165) is 42.9 Å². The van der Waals surface area contributed by atoms with Crippen molar-refractivity contribution >= 4 is 11.5 Å². The van der Waals surface area contributed by atoms with Gasteiger partial charge in [-0.15, -0.1) is 0 Å². The summed E-state index contributed by atoms with van der Waals surface area (Å²) in [5.74, 6) is 1.46. The van der Waals surface area contributed by atoms with Gasteiger partial charge in [0.05, 0.1) is 7.11 Å². The van der Waals surface area contributed by atoms with Crippen molar-refractivity contribution in [2.24, 2.45) is 5.92 Å². The van der Waals surface area contributed by atoms with Crippen molar-refractivity contribution in [3.63, 3.8) is 0 Å². The first-order valence-corrected chi connectivity index (χ1v) is 7.41. The highest BCUT2D eigenvalue weighted by atomic mass is 16.5. The number of hydrogen-bond acceptors (Lipinski definition) is 3. The zero-order valence-corrected chi connectivity index (χ0v) is 13.1. The third kappa shape index (κ3) is 3.85. The summed E-state index contributed by atoms with van der Waals surface area (Å²) in [6, 6.07) is 7.78. The molecule has 1 heterocycles. The van der Waals surface area contributed by atoms with E-state index in [1.54, 1.807) is 13.2 Å². The van der Waals surface area contributed by atoms with Crippen LogP contribution in [0.3, 0.4) is 0 Å². The first kappa shape index (κ1) is 15.6. The molecule has 0 spiro atoms. The second-order valence-electron chi connectivity index (χ2n) is 5.52. The van der Waals surface area contributed by atoms with Gasteiger partial charge >= 0.3 is 0 Å². The van der Waals surface area contributed by atoms with Crippen molar-refractivity contribution in [3.05, 3.63) is 35.9 Å². The van der Waals surface area contributed by atoms with Crippen molar-refractivity contribution in [1.82, 2.24) is 10.2 Å². The normalized spacial score (nSPS) is 18.9. The van der Waals surface area contributed by atoms with Crippen LogP contribution in [0.15, 0.2) is 30.3 Å². The molecule has 0 aromatic heterocycles. The Bertz CT molecular complexity index is 525. The van der Waals surface area contributed by atoms with Crippen LogP contribution in [0, 0.1) is 5.92 Å². The molecule has 1 fully saturated rings. The topological polar surface area (TPSA) is 41.6 Å². The van der Waals surface area contributed by atoms with Crippen molar-refractivity contribution in [2.45, 2.75) is 13.3 Å². The number of amides is 1. The van der Waals surface area contributed by atoms with Crippen LogP contribution in [-0.2, 0) is 4.79 Å². The third-order valence-electron chi connectivity index (χ3n) is 3.96. The number of carbonyl (C=O) groups excluding carboxylic acids is 1. The second-order valence-corrected chi connectivity index (χ2v) is 5.52. The Morgan fingerprint density at radius 3 is 2.95 bits per heavy atom. The van der Waals surface area contributed by atoms with Crippen LogP contribution < -0.4 is 10.1 Å². The lowest BCUT2D eigenvalue weighted by Crippen LogP contribution is -2.29. The monoisotopic (exact) mass is 288 g/mol. The fraction of sp³-hybridized carbons (Fsp3) is 0.471. The number of likely N-dealkylation sites (tertiary alicyclic amines) is 1. The van der Waals surface area contributed by atoms with Gasteiger partial charge in [-0.25, -0.2) is 0 Å². The van der Waals surface area contributed by atoms with E-state index in [-0.39, 0.29) is 5.91 Å². The average Bonchev–Trinajstić information content (AvgIpc) is 2.96. The van der Waals surface area contributed by atoms with E-state index in [1.165, 1.54) is 0 Å². The van der Waals surface area contributed by atoms with Crippen molar-refractivity contribution in [3.8, 4) is 5.75 Å². The van der Waals surface area contributed by atoms with Gasteiger partial charge in [0, 0.05) is 24.7 Å². The summed E-state index contributed by atoms with van der Waals surface area (Å²) in [4.78, 5) is 14.3. The minimum Gasteiger partial charge on any atom is -0.496 e. The van der Waals surface area contributed by atoms with Gasteiger partial charge in [0.2, 0.25) is 5.91 Å². The third-order valence-corrected chi connectivity index (χ3v) is 3.96. The van der Waals surface area contributed by atoms with Gasteiger partial charge in [-0.3, -0.25) is 4.79 Å². The van der Waals surface area contributed by atoms with E-state index in [9.17, 15) is 4.79 Å². The Balaban J connectivity index is 2.07. The second kappa shape index (κ2) is 7.27. The van der Waals surface area contributed by atoms with Crippen LogP contribution in [0.4, 0.5) is 0 Å². The zero-order valence-electron chi connectivity index (χ0n) is 13.1. The molecule has 2 rings (SSSR count). The van der Waals surface area contributed by atoms with E-state index in [4.69, 9.17) is 4.74 Å². The van der Waals surface area contributed by atoms with Crippen LogP contribution in [0.1, 0.15) is 18.9 Å². The highest BCUT2D eigenvalue weighted by Gasteiger charge is 2.24. The molecular weight excluding hydrogens is 264 g/mol. The summed E-state index contributed by atoms with van der Waals surface area (Å²) in [6.45, 7) is 4.62. The summed E-state index contributed by atoms with van der Waals surface area (Å²) < 4.78 is 5.35. The smallest absolute Gasteiger partial charge is 0.246 e. The van der Waals surface area contributed by atoms with Crippen LogP contribution in [-0.4, -0.2) is 44.6 Å². The Hall–Kier alpha value is -1.81. The molecule has 4 nitrogen and oxygen atoms in total. The molecule has 1 aromatic rings. The van der Waals surface area contributed by atoms with Gasteiger partial charge in [-0.1, -0.05) is 18.2 Å². The van der Waals surface area contributed by atoms with Gasteiger partial charge in [0.25, 0.3) is 0 Å². The molecule has 1 amide bonds. The molecule has 0 aliphatic carbocycles. The van der Waals surface area contributed by atoms with Gasteiger partial charge in [-0.05, 0) is 44.5 Å². The molecule has 0 saturated carbocycles. The summed E-state index contributed by atoms with van der Waals surface area (Å²) in [6.07, 6.45) is 2.80. The minimum atomic E-state index is 0.0945. The standard InChI is InChI=1S/C17H24N2O2/c1-13(15-6-4-5-7-16(15)21-3)10-17(20)19-9-8-14(12-19)11-18-2/h4-7,10,14,18H,8-9,11-12H2,1-3H3/b13-10-. The van der Waals surface area contributed by atoms with Crippen molar-refractivity contribution in [1.29, 1.82) is 0 Å². The first-order chi connectivity index (χ1) is 10.2. The molecule has 1 N–H and O–H groups in total. The van der Waals surface area contributed by atoms with Crippen LogP contribution in [0.25, 0.3) is 5.57 Å². The molecule has 21 heavy (non-hydrogen) atoms. The molecule has 1 unspecified atom stereocenters. The van der Waals surface area contributed by atoms with Crippen LogP contribution >= 0.6 is 0 Å². The Morgan fingerprint density at radius 2 is 2.24 bits per heavy atom. The largest absolute Gasteiger partial charge is 0.496 e. The number of para-hydroxylation sites is 1. The van der Waals surface area contributed by atoms with Crippen molar-refractivity contribution in [2.75, 3.05) is 33.8 Å². The molecule has 0 radical (unpaired) electrons. The number of allylic oxidation sites excluding steroid dienone is 1. The number of methoxy groups -OCH3 is 1. The van der Waals surface area contributed by atoms with E-state index in [0.29, 0.717) is 5.92 Å². The molecule has 4 heteroatoms. The van der Waals surface area contributed by atoms with Gasteiger partial charge in [0.15, 0.2) is 0 Å². The van der Waals surface area contributed by atoms with Gasteiger partial charge in [0.1, 0.15) is 5.75 Å². The number of nitrogens with zero attached hydrogens (tertiary/aromatic N) is 1. The van der Waals surface area contributed by atoms with Gasteiger partial charge in [-0.2, -0.15) is 0 Å². The van der Waals surface area contributed by atoms with E-state index < -0.39 is 0 Å². The summed E-state index contributed by atoms with van der Waals surface area (Å²) in [7, 11) is 3.60. The molecule has 0 bridgehead atoms. The van der Waals surface area contributed by atoms with Crippen LogP contribution in [0.2, 0.25) is 0 Å². The maximum atomic E-state index is 12.4. The lowest BCUT2D eigenvalue weighted by molar-refractivity contribution is -0.125. The maximum absolute atomic E-state index is 12.4. The van der Waals surface area contributed by atoms with Crippen LogP contribution in [0.5, 0.6) is 5.75 Å². The SMILES string of the molecule is CNCC1CCN(C(=O)/C=C(/C)c2ccccc2OC)C1. The number of rotatable bonds is 5. The molecule has 1 aromatic carbocycles. The van der Waals surface area contributed by atoms with E-state index in [1.807, 2.05) is 43.1 Å². The summed E-state index contributed by atoms with van der Waals surface area (Å²) in [5, 5.41) is 3.18. The molecular formula is C17H24N2O2. The Kier molecular flexibility index (Phi) is 5.39. The quantitative estimate of drug-likeness (QED) is 0.844. The number of benzene rings is 1. The summed E-state index contributed by atoms with van der Waals surface area (Å²) >= 11 is 0. The van der Waals surface area contributed by atoms with E-state index >= 15 is 0 Å². The van der Waals surface area contributed by atoms with Crippen molar-refractivity contribution < 1.29 is 9.53 Å². The van der Waals surface area contributed by atoms with Gasteiger partial charge < -0.3 is 15.0 Å². The predicted octanol–water partition coefficient (Wildman–Crippen LogP) is 2.17.